The highest BCUT2D eigenvalue weighted by atomic mass is 28.3. The lowest BCUT2D eigenvalue weighted by atomic mass is 10.2. The van der Waals surface area contributed by atoms with Crippen LogP contribution in [-0.2, 0) is 27.2 Å². The maximum absolute atomic E-state index is 13.8. The molecule has 3 heterocycles. The van der Waals surface area contributed by atoms with E-state index in [1.54, 1.807) is 24.0 Å². The van der Waals surface area contributed by atoms with Gasteiger partial charge in [-0.3, -0.25) is 9.59 Å². The average molecular weight is 610 g/mol. The van der Waals surface area contributed by atoms with Gasteiger partial charge < -0.3 is 24.6 Å². The predicted molar refractivity (Wildman–Crippen MR) is 154 cm³/mol. The maximum atomic E-state index is 13.8. The number of ether oxygens (including phenoxy) is 2. The van der Waals surface area contributed by atoms with Crippen LogP contribution < -0.4 is 15.8 Å². The number of nitrogens with one attached hydrogen (secondary N) is 1. The van der Waals surface area contributed by atoms with Crippen molar-refractivity contribution in [2.75, 3.05) is 56.2 Å². The van der Waals surface area contributed by atoms with Gasteiger partial charge in [0.05, 0.1) is 37.1 Å². The SMILES string of the molecule is CC(COCCC(=O)N1CCN(c2ccc(C#N)cn2)CC1)Nc1cnn(COCC[Si](C)(C)C)c(=O)c1C(F)(F)F. The monoisotopic (exact) mass is 609 g/mol. The van der Waals surface area contributed by atoms with Gasteiger partial charge in [0, 0.05) is 53.1 Å². The molecule has 15 heteroatoms. The number of aromatic nitrogens is 3. The number of halogens is 3. The van der Waals surface area contributed by atoms with E-state index in [-0.39, 0.29) is 32.3 Å². The molecule has 0 bridgehead atoms. The van der Waals surface area contributed by atoms with Crippen LogP contribution in [0.2, 0.25) is 25.7 Å². The van der Waals surface area contributed by atoms with Gasteiger partial charge in [-0.25, -0.2) is 9.67 Å². The first-order valence-electron chi connectivity index (χ1n) is 13.8. The highest BCUT2D eigenvalue weighted by Crippen LogP contribution is 2.32. The van der Waals surface area contributed by atoms with E-state index in [4.69, 9.17) is 14.7 Å². The summed E-state index contributed by atoms with van der Waals surface area (Å²) in [6, 6.07) is 5.74. The Kier molecular flexibility index (Phi) is 11.5. The number of pyridine rings is 1. The number of amides is 1. The van der Waals surface area contributed by atoms with Crippen molar-refractivity contribution < 1.29 is 27.4 Å². The summed E-state index contributed by atoms with van der Waals surface area (Å²) in [6.07, 6.45) is -2.28. The fourth-order valence-corrected chi connectivity index (χ4v) is 4.96. The molecule has 1 amide bonds. The summed E-state index contributed by atoms with van der Waals surface area (Å²) in [4.78, 5) is 33.3. The summed E-state index contributed by atoms with van der Waals surface area (Å²) >= 11 is 0. The molecule has 0 spiro atoms. The molecule has 0 aliphatic carbocycles. The zero-order valence-corrected chi connectivity index (χ0v) is 25.4. The highest BCUT2D eigenvalue weighted by molar-refractivity contribution is 6.76. The van der Waals surface area contributed by atoms with Crippen molar-refractivity contribution >= 4 is 25.5 Å². The van der Waals surface area contributed by atoms with Crippen molar-refractivity contribution in [2.24, 2.45) is 0 Å². The largest absolute Gasteiger partial charge is 0.423 e. The molecule has 42 heavy (non-hydrogen) atoms. The smallest absolute Gasteiger partial charge is 0.379 e. The molecular formula is C27H38F3N7O4Si. The Labute approximate surface area is 244 Å². The molecule has 3 rings (SSSR count). The molecule has 0 radical (unpaired) electrons. The molecule has 2 aromatic rings. The first-order valence-corrected chi connectivity index (χ1v) is 17.5. The summed E-state index contributed by atoms with van der Waals surface area (Å²) in [7, 11) is -1.39. The van der Waals surface area contributed by atoms with E-state index in [9.17, 15) is 22.8 Å². The number of nitrogens with zero attached hydrogens (tertiary/aromatic N) is 6. The normalized spacial score (nSPS) is 14.9. The second kappa shape index (κ2) is 14.6. The maximum Gasteiger partial charge on any atom is 0.423 e. The minimum atomic E-state index is -4.89. The lowest BCUT2D eigenvalue weighted by molar-refractivity contribution is -0.138. The number of alkyl halides is 3. The average Bonchev–Trinajstić information content (AvgIpc) is 2.93. The van der Waals surface area contributed by atoms with Crippen molar-refractivity contribution in [1.82, 2.24) is 19.7 Å². The first kappa shape index (κ1) is 33.0. The second-order valence-electron chi connectivity index (χ2n) is 11.3. The van der Waals surface area contributed by atoms with Crippen LogP contribution >= 0.6 is 0 Å². The van der Waals surface area contributed by atoms with Crippen LogP contribution in [0, 0.1) is 11.3 Å². The third-order valence-electron chi connectivity index (χ3n) is 6.60. The van der Waals surface area contributed by atoms with E-state index < -0.39 is 37.1 Å². The van der Waals surface area contributed by atoms with Gasteiger partial charge in [-0.1, -0.05) is 19.6 Å². The van der Waals surface area contributed by atoms with Gasteiger partial charge in [0.1, 0.15) is 24.2 Å². The Balaban J connectivity index is 1.44. The van der Waals surface area contributed by atoms with Crippen molar-refractivity contribution in [1.29, 1.82) is 5.26 Å². The standard InChI is InChI=1S/C27H38F3N7O4Si/c1-20(34-22-17-33-37(19-41-13-14-42(2,3)4)26(39)25(22)27(28,29)30)18-40-12-7-24(38)36-10-8-35(9-11-36)23-6-5-21(15-31)16-32-23/h5-6,16-17,20,34H,7-14,18-19H2,1-4H3. The van der Waals surface area contributed by atoms with Gasteiger partial charge in [0.15, 0.2) is 0 Å². The second-order valence-corrected chi connectivity index (χ2v) is 17.0. The van der Waals surface area contributed by atoms with Crippen molar-refractivity contribution in [3.05, 3.63) is 46.0 Å². The predicted octanol–water partition coefficient (Wildman–Crippen LogP) is 3.40. The number of hydrogen-bond donors (Lipinski definition) is 1. The molecule has 11 nitrogen and oxygen atoms in total. The van der Waals surface area contributed by atoms with Crippen LogP contribution in [0.15, 0.2) is 29.3 Å². The zero-order valence-electron chi connectivity index (χ0n) is 24.4. The van der Waals surface area contributed by atoms with Crippen LogP contribution in [-0.4, -0.2) is 85.7 Å². The van der Waals surface area contributed by atoms with Gasteiger partial charge in [0.2, 0.25) is 5.91 Å². The molecule has 1 aliphatic heterocycles. The Hall–Kier alpha value is -3.48. The minimum absolute atomic E-state index is 0.0194. The van der Waals surface area contributed by atoms with Crippen LogP contribution in [0.3, 0.4) is 0 Å². The topological polar surface area (TPSA) is 126 Å². The molecule has 0 saturated carbocycles. The van der Waals surface area contributed by atoms with Gasteiger partial charge in [-0.15, -0.1) is 0 Å². The molecule has 1 fully saturated rings. The lowest BCUT2D eigenvalue weighted by Gasteiger charge is -2.35. The Bertz CT molecular complexity index is 1290. The van der Waals surface area contributed by atoms with Crippen LogP contribution in [0.4, 0.5) is 24.7 Å². The van der Waals surface area contributed by atoms with E-state index in [1.165, 1.54) is 6.20 Å². The Morgan fingerprint density at radius 3 is 2.45 bits per heavy atom. The van der Waals surface area contributed by atoms with Gasteiger partial charge in [-0.2, -0.15) is 23.5 Å². The molecule has 1 N–H and O–H groups in total. The van der Waals surface area contributed by atoms with Gasteiger partial charge >= 0.3 is 6.18 Å². The Morgan fingerprint density at radius 1 is 1.14 bits per heavy atom. The van der Waals surface area contributed by atoms with E-state index >= 15 is 0 Å². The number of rotatable bonds is 13. The van der Waals surface area contributed by atoms with E-state index in [0.717, 1.165) is 18.1 Å². The third kappa shape index (κ3) is 9.81. The van der Waals surface area contributed by atoms with Gasteiger partial charge in [-0.05, 0) is 25.1 Å². The number of hydrogen-bond acceptors (Lipinski definition) is 9. The fourth-order valence-electron chi connectivity index (χ4n) is 4.20. The number of piperazine rings is 1. The lowest BCUT2D eigenvalue weighted by Crippen LogP contribution is -2.49. The van der Waals surface area contributed by atoms with Crippen LogP contribution in [0.5, 0.6) is 0 Å². The summed E-state index contributed by atoms with van der Waals surface area (Å²) < 4.78 is 53.0. The summed E-state index contributed by atoms with van der Waals surface area (Å²) in [6.45, 7) is 10.4. The third-order valence-corrected chi connectivity index (χ3v) is 8.30. The number of anilines is 2. The molecule has 1 aliphatic rings. The summed E-state index contributed by atoms with van der Waals surface area (Å²) in [5, 5.41) is 15.4. The minimum Gasteiger partial charge on any atom is -0.379 e. The number of carbonyl (C=O) groups is 1. The molecule has 1 saturated heterocycles. The first-order chi connectivity index (χ1) is 19.8. The molecule has 230 valence electrons. The van der Waals surface area contributed by atoms with Crippen molar-refractivity contribution in [2.45, 2.75) is 58.0 Å². The summed E-state index contributed by atoms with van der Waals surface area (Å²) in [5.41, 5.74) is -2.58. The van der Waals surface area contributed by atoms with E-state index in [1.807, 2.05) is 11.0 Å². The Morgan fingerprint density at radius 2 is 1.86 bits per heavy atom. The molecule has 2 aromatic heterocycles. The fraction of sp³-hybridized carbons (Fsp3) is 0.593. The quantitative estimate of drug-likeness (QED) is 0.269. The number of nitriles is 1. The van der Waals surface area contributed by atoms with Crippen molar-refractivity contribution in [3.63, 3.8) is 0 Å². The van der Waals surface area contributed by atoms with E-state index in [0.29, 0.717) is 43.0 Å². The highest BCUT2D eigenvalue weighted by Gasteiger charge is 2.38. The molecular weight excluding hydrogens is 571 g/mol. The summed E-state index contributed by atoms with van der Waals surface area (Å²) in [5.74, 6) is 0.667. The molecule has 1 atom stereocenters. The van der Waals surface area contributed by atoms with Crippen molar-refractivity contribution in [3.8, 4) is 6.07 Å². The van der Waals surface area contributed by atoms with Crippen LogP contribution in [0.1, 0.15) is 24.5 Å². The molecule has 1 unspecified atom stereocenters. The zero-order chi connectivity index (χ0) is 30.9. The van der Waals surface area contributed by atoms with E-state index in [2.05, 4.69) is 35.0 Å². The van der Waals surface area contributed by atoms with Gasteiger partial charge in [0.25, 0.3) is 5.56 Å². The van der Waals surface area contributed by atoms with Crippen LogP contribution in [0.25, 0.3) is 0 Å². The molecule has 0 aromatic carbocycles. The number of carbonyl (C=O) groups excluding carboxylic acids is 1.